The molecule has 1 aromatic heterocycles. The van der Waals surface area contributed by atoms with Crippen molar-refractivity contribution in [1.29, 1.82) is 0 Å². The molecule has 4 rings (SSSR count). The molecule has 1 saturated heterocycles. The van der Waals surface area contributed by atoms with E-state index in [0.717, 1.165) is 4.90 Å². The zero-order chi connectivity index (χ0) is 25.6. The van der Waals surface area contributed by atoms with Crippen molar-refractivity contribution >= 4 is 51.7 Å². The Bertz CT molecular complexity index is 1120. The second kappa shape index (κ2) is 9.64. The molecule has 2 aliphatic rings. The van der Waals surface area contributed by atoms with E-state index in [0.29, 0.717) is 53.9 Å². The number of hydrogen-bond acceptors (Lipinski definition) is 7. The molecule has 12 heteroatoms. The van der Waals surface area contributed by atoms with Gasteiger partial charge in [-0.1, -0.05) is 29.4 Å². The van der Waals surface area contributed by atoms with Gasteiger partial charge in [0.25, 0.3) is 5.92 Å². The predicted molar refractivity (Wildman–Crippen MR) is 139 cm³/mol. The number of aromatic nitrogens is 2. The maximum atomic E-state index is 14.9. The largest absolute Gasteiger partial charge is 0.397 e. The maximum Gasteiger partial charge on any atom is 0.264 e. The molecule has 7 nitrogen and oxygen atoms in total. The fraction of sp³-hybridized carbons (Fsp3) is 0.565. The number of anilines is 3. The van der Waals surface area contributed by atoms with Gasteiger partial charge in [-0.3, -0.25) is 0 Å². The van der Waals surface area contributed by atoms with Gasteiger partial charge in [0.15, 0.2) is 5.82 Å². The van der Waals surface area contributed by atoms with E-state index >= 15 is 0 Å². The van der Waals surface area contributed by atoms with Crippen LogP contribution in [0.15, 0.2) is 34.3 Å². The lowest BCUT2D eigenvalue weighted by Gasteiger charge is -2.44. The Hall–Kier alpha value is -1.69. The summed E-state index contributed by atoms with van der Waals surface area (Å²) in [5.41, 5.74) is 11.9. The third-order valence-corrected chi connectivity index (χ3v) is 9.97. The summed E-state index contributed by atoms with van der Waals surface area (Å²) >= 11 is 7.56. The summed E-state index contributed by atoms with van der Waals surface area (Å²) in [5.74, 6) is -2.03. The predicted octanol–water partition coefficient (Wildman–Crippen LogP) is 4.88. The Morgan fingerprint density at radius 2 is 1.89 bits per heavy atom. The molecule has 1 aliphatic carbocycles. The molecule has 5 N–H and O–H groups in total. The number of rotatable bonds is 5. The van der Waals surface area contributed by atoms with Gasteiger partial charge in [-0.05, 0) is 57.6 Å². The first-order valence-corrected chi connectivity index (χ1v) is 13.8. The average Bonchev–Trinajstić information content (AvgIpc) is 3.03. The maximum absolute atomic E-state index is 14.9. The summed E-state index contributed by atoms with van der Waals surface area (Å²) in [6, 6.07) is 4.23. The molecule has 1 aliphatic heterocycles. The second-order valence-electron chi connectivity index (χ2n) is 10.2. The van der Waals surface area contributed by atoms with Crippen molar-refractivity contribution in [2.75, 3.05) is 29.5 Å². The highest BCUT2D eigenvalue weighted by molar-refractivity contribution is 7.99. The Balaban J connectivity index is 1.46. The number of alkyl halides is 2. The molecule has 0 amide bonds. The summed E-state index contributed by atoms with van der Waals surface area (Å²) in [6.07, 6.45) is 2.93. The fourth-order valence-corrected chi connectivity index (χ4v) is 6.74. The zero-order valence-corrected chi connectivity index (χ0v) is 22.4. The molecule has 2 heterocycles. The van der Waals surface area contributed by atoms with Gasteiger partial charge >= 0.3 is 0 Å². The molecule has 1 unspecified atom stereocenters. The van der Waals surface area contributed by atoms with E-state index in [1.54, 1.807) is 39.1 Å². The van der Waals surface area contributed by atoms with Gasteiger partial charge in [0.2, 0.25) is 0 Å². The van der Waals surface area contributed by atoms with Gasteiger partial charge in [-0.15, -0.1) is 0 Å². The van der Waals surface area contributed by atoms with Crippen molar-refractivity contribution in [2.45, 2.75) is 73.1 Å². The summed E-state index contributed by atoms with van der Waals surface area (Å²) in [6.45, 7) is 6.43. The Morgan fingerprint density at radius 3 is 2.51 bits per heavy atom. The van der Waals surface area contributed by atoms with Crippen LogP contribution in [-0.2, 0) is 11.0 Å². The average molecular weight is 545 g/mol. The lowest BCUT2D eigenvalue weighted by Crippen LogP contribution is -2.56. The second-order valence-corrected chi connectivity index (χ2v) is 13.6. The molecular formula is C23H31ClF2N6OS2. The number of piperidine rings is 1. The molecule has 1 saturated carbocycles. The first-order valence-electron chi connectivity index (χ1n) is 11.5. The van der Waals surface area contributed by atoms with E-state index in [1.807, 2.05) is 11.0 Å². The van der Waals surface area contributed by atoms with E-state index in [1.165, 1.54) is 11.8 Å². The number of hydrogen-bond donors (Lipinski definition) is 3. The van der Waals surface area contributed by atoms with Crippen molar-refractivity contribution in [3.63, 3.8) is 0 Å². The number of nitrogen functional groups attached to an aromatic ring is 2. The Labute approximate surface area is 216 Å². The van der Waals surface area contributed by atoms with Crippen molar-refractivity contribution < 1.29 is 13.0 Å². The molecule has 35 heavy (non-hydrogen) atoms. The van der Waals surface area contributed by atoms with Crippen LogP contribution < -0.4 is 21.1 Å². The van der Waals surface area contributed by atoms with Gasteiger partial charge < -0.3 is 16.4 Å². The zero-order valence-electron chi connectivity index (χ0n) is 20.0. The lowest BCUT2D eigenvalue weighted by atomic mass is 9.74. The van der Waals surface area contributed by atoms with E-state index in [-0.39, 0.29) is 12.2 Å². The standard InChI is InChI=1S/C23H31ClF2N6OS2/c1-21(2,3)35(33)31-20-22(7-8-23(20,25)26)9-11-32(12-10-22)16-13-29-19(18(28)30-16)34-15-6-4-5-14(27)17(15)24/h4-6,13,20,31H,7-12,27H2,1-3H3,(H2,28,30)/t20-,35?/m0/s1. The molecule has 1 aromatic carbocycles. The number of benzene rings is 1. The van der Waals surface area contributed by atoms with Crippen LogP contribution in [0.4, 0.5) is 26.1 Å². The van der Waals surface area contributed by atoms with Crippen molar-refractivity contribution in [3.8, 4) is 0 Å². The Morgan fingerprint density at radius 1 is 1.20 bits per heavy atom. The van der Waals surface area contributed by atoms with Crippen LogP contribution in [0.2, 0.25) is 5.02 Å². The topological polar surface area (TPSA) is 110 Å². The summed E-state index contributed by atoms with van der Waals surface area (Å²) in [7, 11) is -1.57. The van der Waals surface area contributed by atoms with Crippen LogP contribution in [-0.4, -0.2) is 44.0 Å². The highest BCUT2D eigenvalue weighted by Gasteiger charge is 2.60. The van der Waals surface area contributed by atoms with Crippen LogP contribution in [0.3, 0.4) is 0 Å². The number of nitrogens with one attached hydrogen (secondary N) is 1. The Kier molecular flexibility index (Phi) is 7.27. The molecule has 0 bridgehead atoms. The summed E-state index contributed by atoms with van der Waals surface area (Å²) < 4.78 is 44.6. The minimum atomic E-state index is -2.89. The smallest absolute Gasteiger partial charge is 0.264 e. The molecule has 2 aromatic rings. The number of nitrogens with two attached hydrogens (primary N) is 2. The molecule has 1 spiro atoms. The quantitative estimate of drug-likeness (QED) is 0.460. The van der Waals surface area contributed by atoms with E-state index < -0.39 is 33.1 Å². The SMILES string of the molecule is CC(C)(C)S(=O)N[C@@H]1C(F)(F)CCC12CCN(c1cnc(Sc3cccc(N)c3Cl)c(N)n1)CC2. The van der Waals surface area contributed by atoms with Gasteiger partial charge in [-0.2, -0.15) is 0 Å². The highest BCUT2D eigenvalue weighted by Crippen LogP contribution is 2.53. The first kappa shape index (κ1) is 26.4. The number of nitrogens with zero attached hydrogens (tertiary/aromatic N) is 3. The van der Waals surface area contributed by atoms with Crippen molar-refractivity contribution in [3.05, 3.63) is 29.4 Å². The van der Waals surface area contributed by atoms with Crippen LogP contribution in [0.25, 0.3) is 0 Å². The van der Waals surface area contributed by atoms with Crippen LogP contribution in [0.5, 0.6) is 0 Å². The van der Waals surface area contributed by atoms with Gasteiger partial charge in [0.05, 0.1) is 38.7 Å². The lowest BCUT2D eigenvalue weighted by molar-refractivity contribution is -0.0339. The highest BCUT2D eigenvalue weighted by atomic mass is 35.5. The monoisotopic (exact) mass is 544 g/mol. The first-order chi connectivity index (χ1) is 16.3. The molecular weight excluding hydrogens is 514 g/mol. The van der Waals surface area contributed by atoms with Crippen molar-refractivity contribution in [1.82, 2.24) is 14.7 Å². The van der Waals surface area contributed by atoms with E-state index in [4.69, 9.17) is 23.1 Å². The molecule has 0 radical (unpaired) electrons. The van der Waals surface area contributed by atoms with E-state index in [2.05, 4.69) is 14.7 Å². The molecule has 2 fully saturated rings. The molecule has 192 valence electrons. The van der Waals surface area contributed by atoms with Crippen LogP contribution in [0, 0.1) is 5.41 Å². The third kappa shape index (κ3) is 5.38. The normalized spacial score (nSPS) is 22.5. The number of halogens is 3. The summed E-state index contributed by atoms with van der Waals surface area (Å²) in [5, 5.41) is 0.951. The van der Waals surface area contributed by atoms with Crippen LogP contribution in [0.1, 0.15) is 46.5 Å². The molecule has 2 atom stereocenters. The minimum Gasteiger partial charge on any atom is -0.397 e. The third-order valence-electron chi connectivity index (χ3n) is 6.81. The van der Waals surface area contributed by atoms with Crippen LogP contribution >= 0.6 is 23.4 Å². The van der Waals surface area contributed by atoms with E-state index in [9.17, 15) is 13.0 Å². The van der Waals surface area contributed by atoms with Crippen molar-refractivity contribution in [2.24, 2.45) is 5.41 Å². The summed E-state index contributed by atoms with van der Waals surface area (Å²) in [4.78, 5) is 11.7. The van der Waals surface area contributed by atoms with Gasteiger partial charge in [0.1, 0.15) is 10.8 Å². The minimum absolute atomic E-state index is 0.197. The van der Waals surface area contributed by atoms with Gasteiger partial charge in [0, 0.05) is 24.4 Å². The van der Waals surface area contributed by atoms with Gasteiger partial charge in [-0.25, -0.2) is 27.7 Å². The fourth-order valence-electron chi connectivity index (χ4n) is 4.69.